The molecule has 0 saturated heterocycles. The van der Waals surface area contributed by atoms with Crippen molar-refractivity contribution < 1.29 is 28.2 Å². The summed E-state index contributed by atoms with van der Waals surface area (Å²) in [7, 11) is -4.27. The Morgan fingerprint density at radius 3 is 1.84 bits per heavy atom. The number of carboxylic acid groups (broad SMARTS) is 2. The van der Waals surface area contributed by atoms with Gasteiger partial charge in [0.1, 0.15) is 0 Å². The van der Waals surface area contributed by atoms with Gasteiger partial charge in [0.25, 0.3) is 10.0 Å². The van der Waals surface area contributed by atoms with E-state index in [2.05, 4.69) is 0 Å². The Balaban J connectivity index is 3.14. The van der Waals surface area contributed by atoms with Crippen LogP contribution in [0.2, 0.25) is 0 Å². The molecule has 0 aliphatic carbocycles. The Kier molecular flexibility index (Phi) is 5.05. The van der Waals surface area contributed by atoms with Crippen LogP contribution in [0.15, 0.2) is 29.2 Å². The lowest BCUT2D eigenvalue weighted by Crippen LogP contribution is -2.21. The van der Waals surface area contributed by atoms with Gasteiger partial charge in [0.05, 0.1) is 28.8 Å². The molecule has 0 amide bonds. The van der Waals surface area contributed by atoms with E-state index in [9.17, 15) is 18.0 Å². The molecule has 0 heterocycles. The number of nitrogens with two attached hydrogens (primary N) is 1. The van der Waals surface area contributed by atoms with Crippen molar-refractivity contribution in [2.75, 3.05) is 5.73 Å². The average Bonchev–Trinajstić information content (AvgIpc) is 2.27. The predicted molar refractivity (Wildman–Crippen MR) is 71.1 cm³/mol. The van der Waals surface area contributed by atoms with Crippen LogP contribution in [0.4, 0.5) is 15.3 Å². The highest BCUT2D eigenvalue weighted by molar-refractivity contribution is 8.32. The number of hydrogen-bond acceptors (Lipinski definition) is 7. The van der Waals surface area contributed by atoms with Gasteiger partial charge < -0.3 is 15.9 Å². The maximum Gasteiger partial charge on any atom is 0.382 e. The van der Waals surface area contributed by atoms with Crippen molar-refractivity contribution in [3.8, 4) is 0 Å². The van der Waals surface area contributed by atoms with Crippen molar-refractivity contribution in [1.82, 2.24) is 3.12 Å². The Bertz CT molecular complexity index is 569. The molecule has 1 aromatic carbocycles. The summed E-state index contributed by atoms with van der Waals surface area (Å²) in [6, 6.07) is 4.93. The van der Waals surface area contributed by atoms with Gasteiger partial charge >= 0.3 is 10.6 Å². The van der Waals surface area contributed by atoms with E-state index in [0.717, 1.165) is 12.1 Å². The highest BCUT2D eigenvalue weighted by Crippen LogP contribution is 2.31. The van der Waals surface area contributed by atoms with Crippen LogP contribution < -0.4 is 5.73 Å². The van der Waals surface area contributed by atoms with Crippen LogP contribution in [0, 0.1) is 0 Å². The summed E-state index contributed by atoms with van der Waals surface area (Å²) >= 11 is -0.306. The smallest absolute Gasteiger partial charge is 0.382 e. The van der Waals surface area contributed by atoms with Gasteiger partial charge in [-0.1, -0.05) is 3.12 Å². The number of benzene rings is 1. The van der Waals surface area contributed by atoms with E-state index in [1.165, 1.54) is 12.1 Å². The first-order chi connectivity index (χ1) is 8.73. The number of rotatable bonds is 4. The van der Waals surface area contributed by atoms with E-state index in [0.29, 0.717) is 5.69 Å². The van der Waals surface area contributed by atoms with Crippen LogP contribution in [-0.4, -0.2) is 32.3 Å². The van der Waals surface area contributed by atoms with Crippen molar-refractivity contribution in [2.24, 2.45) is 0 Å². The normalized spacial score (nSPS) is 11.4. The van der Waals surface area contributed by atoms with Crippen LogP contribution in [0.1, 0.15) is 0 Å². The number of nitrogen functional groups attached to an aromatic ring is 1. The first-order valence-electron chi connectivity index (χ1n) is 4.46. The predicted octanol–water partition coefficient (Wildman–Crippen LogP) is 1.91. The van der Waals surface area contributed by atoms with Crippen molar-refractivity contribution in [1.29, 1.82) is 0 Å². The molecular weight excluding hydrogens is 316 g/mol. The molecule has 1 rings (SSSR count). The summed E-state index contributed by atoms with van der Waals surface area (Å²) in [6.07, 6.45) is 0. The van der Waals surface area contributed by atoms with Gasteiger partial charge in [-0.05, 0) is 24.3 Å². The van der Waals surface area contributed by atoms with Gasteiger partial charge in [-0.2, -0.15) is 0 Å². The molecule has 0 atom stereocenters. The summed E-state index contributed by atoms with van der Waals surface area (Å²) in [5, 5.41) is 14.1. The Labute approximate surface area is 116 Å². The monoisotopic (exact) mass is 324 g/mol. The summed E-state index contributed by atoms with van der Waals surface area (Å²) in [5.74, 6) is 0. The quantitative estimate of drug-likeness (QED) is 0.560. The number of anilines is 1. The van der Waals surface area contributed by atoms with Crippen molar-refractivity contribution in [3.63, 3.8) is 0 Å². The minimum atomic E-state index is -4.27. The fraction of sp³-hybridized carbons (Fsp3) is 0. The number of sulfonamides is 1. The molecule has 0 radical (unpaired) electrons. The van der Waals surface area contributed by atoms with Gasteiger partial charge in [0.2, 0.25) is 0 Å². The lowest BCUT2D eigenvalue weighted by Gasteiger charge is -2.15. The van der Waals surface area contributed by atoms with Gasteiger partial charge in [0, 0.05) is 5.69 Å². The molecule has 8 nitrogen and oxygen atoms in total. The topological polar surface area (TPSA) is 138 Å². The van der Waals surface area contributed by atoms with Gasteiger partial charge in [-0.25, -0.2) is 18.0 Å². The molecule has 0 aromatic heterocycles. The molecule has 104 valence electrons. The largest absolute Gasteiger partial charge is 0.472 e. The van der Waals surface area contributed by atoms with E-state index in [4.69, 9.17) is 15.9 Å². The zero-order chi connectivity index (χ0) is 14.6. The van der Waals surface area contributed by atoms with E-state index in [-0.39, 0.29) is 31.9 Å². The molecule has 0 unspecified atom stereocenters. The molecule has 0 saturated carbocycles. The van der Waals surface area contributed by atoms with Crippen LogP contribution in [0.5, 0.6) is 0 Å². The molecule has 0 aliphatic rings. The third kappa shape index (κ3) is 4.31. The molecule has 1 aromatic rings. The minimum absolute atomic E-state index is 0.153. The summed E-state index contributed by atoms with van der Waals surface area (Å²) < 4.78 is 24.3. The summed E-state index contributed by atoms with van der Waals surface area (Å²) in [6.45, 7) is 0. The van der Waals surface area contributed by atoms with E-state index in [1.807, 2.05) is 0 Å². The Morgan fingerprint density at radius 2 is 1.47 bits per heavy atom. The lowest BCUT2D eigenvalue weighted by molar-refractivity contribution is 0.221. The average molecular weight is 324 g/mol. The highest BCUT2D eigenvalue weighted by atomic mass is 32.3. The van der Waals surface area contributed by atoms with E-state index >= 15 is 0 Å². The maximum atomic E-state index is 12.0. The summed E-state index contributed by atoms with van der Waals surface area (Å²) in [5.41, 5.74) is 5.72. The molecule has 0 aliphatic heterocycles. The van der Waals surface area contributed by atoms with Crippen molar-refractivity contribution in [3.05, 3.63) is 24.3 Å². The summed E-state index contributed by atoms with van der Waals surface area (Å²) in [4.78, 5) is 20.8. The molecule has 4 N–H and O–H groups in total. The van der Waals surface area contributed by atoms with Crippen LogP contribution in [0.3, 0.4) is 0 Å². The van der Waals surface area contributed by atoms with E-state index < -0.39 is 20.6 Å². The fourth-order valence-corrected chi connectivity index (χ4v) is 4.09. The van der Waals surface area contributed by atoms with Crippen LogP contribution >= 0.6 is 23.9 Å². The lowest BCUT2D eigenvalue weighted by atomic mass is 10.3. The Morgan fingerprint density at radius 1 is 1.05 bits per heavy atom. The third-order valence-electron chi connectivity index (χ3n) is 1.68. The van der Waals surface area contributed by atoms with Crippen LogP contribution in [-0.2, 0) is 10.0 Å². The first-order valence-corrected chi connectivity index (χ1v) is 7.45. The second kappa shape index (κ2) is 6.14. The molecule has 11 heteroatoms. The SMILES string of the molecule is Nc1ccc(S(=O)(=O)N(SC(=O)O)SC(=O)O)cc1. The fourth-order valence-electron chi connectivity index (χ4n) is 0.970. The Hall–Kier alpha value is -1.43. The number of nitrogens with zero attached hydrogens (tertiary/aromatic N) is 1. The molecule has 19 heavy (non-hydrogen) atoms. The zero-order valence-electron chi connectivity index (χ0n) is 9.09. The van der Waals surface area contributed by atoms with Gasteiger partial charge in [-0.15, -0.1) is 0 Å². The molecule has 0 bridgehead atoms. The van der Waals surface area contributed by atoms with Crippen molar-refractivity contribution >= 4 is 50.2 Å². The number of hydrogen-bond donors (Lipinski definition) is 3. The number of carbonyl (C=O) groups is 2. The molecular formula is C8H8N2O6S3. The highest BCUT2D eigenvalue weighted by Gasteiger charge is 2.31. The third-order valence-corrected chi connectivity index (χ3v) is 5.62. The van der Waals surface area contributed by atoms with Crippen LogP contribution in [0.25, 0.3) is 0 Å². The second-order valence-electron chi connectivity index (χ2n) is 2.98. The van der Waals surface area contributed by atoms with Gasteiger partial charge in [-0.3, -0.25) is 0 Å². The maximum absolute atomic E-state index is 12.0. The first kappa shape index (κ1) is 15.6. The van der Waals surface area contributed by atoms with E-state index in [1.54, 1.807) is 0 Å². The molecule has 0 spiro atoms. The molecule has 0 fully saturated rings. The minimum Gasteiger partial charge on any atom is -0.472 e. The second-order valence-corrected chi connectivity index (χ2v) is 7.26. The van der Waals surface area contributed by atoms with Gasteiger partial charge in [0.15, 0.2) is 0 Å². The zero-order valence-corrected chi connectivity index (χ0v) is 11.5. The van der Waals surface area contributed by atoms with Crippen molar-refractivity contribution in [2.45, 2.75) is 4.90 Å². The standard InChI is InChI=1S/C8H8N2O6S3/c9-5-1-3-6(4-2-5)19(15,16)10(17-7(11)12)18-8(13)14/h1-4H,9H2,(H,11,12)(H,13,14).